The number of benzene rings is 1. The van der Waals surface area contributed by atoms with Gasteiger partial charge < -0.3 is 4.57 Å². The molecule has 0 saturated heterocycles. The average Bonchev–Trinajstić information content (AvgIpc) is 2.39. The highest BCUT2D eigenvalue weighted by molar-refractivity contribution is 9.10. The van der Waals surface area contributed by atoms with E-state index in [4.69, 9.17) is 0 Å². The second-order valence-electron chi connectivity index (χ2n) is 3.65. The number of rotatable bonds is 1. The smallest absolute Gasteiger partial charge is 0.0483 e. The van der Waals surface area contributed by atoms with Crippen LogP contribution in [0.4, 0.5) is 0 Å². The van der Waals surface area contributed by atoms with Gasteiger partial charge in [0.2, 0.25) is 0 Å². The van der Waals surface area contributed by atoms with E-state index >= 15 is 0 Å². The van der Waals surface area contributed by atoms with Gasteiger partial charge in [0.15, 0.2) is 0 Å². The maximum atomic E-state index is 3.51. The third-order valence-corrected chi connectivity index (χ3v) is 3.39. The standard InChI is InChI=1S/C12H14BrN/c1-4-11-8(2)10-7-9(13)5-6-12(10)14(11)3/h5-7H,4H2,1-3H3. The van der Waals surface area contributed by atoms with Gasteiger partial charge in [0, 0.05) is 28.1 Å². The first-order chi connectivity index (χ1) is 6.65. The normalized spacial score (nSPS) is 11.1. The summed E-state index contributed by atoms with van der Waals surface area (Å²) < 4.78 is 3.44. The number of hydrogen-bond acceptors (Lipinski definition) is 0. The van der Waals surface area contributed by atoms with Gasteiger partial charge in [-0.05, 0) is 37.1 Å². The topological polar surface area (TPSA) is 4.93 Å². The quantitative estimate of drug-likeness (QED) is 0.727. The van der Waals surface area contributed by atoms with Crippen molar-refractivity contribution in [3.8, 4) is 0 Å². The van der Waals surface area contributed by atoms with Crippen molar-refractivity contribution in [1.29, 1.82) is 0 Å². The van der Waals surface area contributed by atoms with E-state index in [1.165, 1.54) is 22.2 Å². The van der Waals surface area contributed by atoms with Gasteiger partial charge in [0.05, 0.1) is 0 Å². The molecule has 1 heterocycles. The molecule has 0 amide bonds. The molecule has 0 aliphatic carbocycles. The predicted molar refractivity (Wildman–Crippen MR) is 64.7 cm³/mol. The van der Waals surface area contributed by atoms with Gasteiger partial charge in [-0.25, -0.2) is 0 Å². The van der Waals surface area contributed by atoms with E-state index in [0.29, 0.717) is 0 Å². The van der Waals surface area contributed by atoms with E-state index in [0.717, 1.165) is 10.9 Å². The van der Waals surface area contributed by atoms with E-state index < -0.39 is 0 Å². The third kappa shape index (κ3) is 1.29. The first kappa shape index (κ1) is 9.78. The fourth-order valence-corrected chi connectivity index (χ4v) is 2.52. The van der Waals surface area contributed by atoms with Crippen LogP contribution in [-0.2, 0) is 13.5 Å². The molecule has 14 heavy (non-hydrogen) atoms. The van der Waals surface area contributed by atoms with Crippen molar-refractivity contribution in [2.45, 2.75) is 20.3 Å². The minimum absolute atomic E-state index is 1.09. The predicted octanol–water partition coefficient (Wildman–Crippen LogP) is 3.81. The Labute approximate surface area is 92.9 Å². The summed E-state index contributed by atoms with van der Waals surface area (Å²) in [5.41, 5.74) is 4.16. The summed E-state index contributed by atoms with van der Waals surface area (Å²) in [5, 5.41) is 1.36. The number of halogens is 1. The molecule has 0 radical (unpaired) electrons. The highest BCUT2D eigenvalue weighted by Gasteiger charge is 2.09. The Kier molecular flexibility index (Phi) is 2.40. The Balaban J connectivity index is 2.87. The molecule has 1 aromatic heterocycles. The molecule has 0 aliphatic heterocycles. The molecule has 0 fully saturated rings. The molecule has 0 saturated carbocycles. The average molecular weight is 252 g/mol. The molecule has 0 atom stereocenters. The molecule has 0 unspecified atom stereocenters. The summed E-state index contributed by atoms with van der Waals surface area (Å²) in [6.45, 7) is 4.41. The molecule has 2 heteroatoms. The second-order valence-corrected chi connectivity index (χ2v) is 4.56. The van der Waals surface area contributed by atoms with Crippen LogP contribution in [0.25, 0.3) is 10.9 Å². The van der Waals surface area contributed by atoms with Gasteiger partial charge in [-0.3, -0.25) is 0 Å². The zero-order chi connectivity index (χ0) is 10.3. The van der Waals surface area contributed by atoms with Crippen molar-refractivity contribution in [3.05, 3.63) is 33.9 Å². The van der Waals surface area contributed by atoms with Crippen molar-refractivity contribution in [3.63, 3.8) is 0 Å². The van der Waals surface area contributed by atoms with Gasteiger partial charge in [0.25, 0.3) is 0 Å². The zero-order valence-corrected chi connectivity index (χ0v) is 10.4. The Morgan fingerprint density at radius 3 is 2.71 bits per heavy atom. The first-order valence-corrected chi connectivity index (χ1v) is 5.68. The minimum Gasteiger partial charge on any atom is -0.347 e. The van der Waals surface area contributed by atoms with Crippen LogP contribution in [0.3, 0.4) is 0 Å². The second kappa shape index (κ2) is 3.43. The number of nitrogens with zero attached hydrogens (tertiary/aromatic N) is 1. The zero-order valence-electron chi connectivity index (χ0n) is 8.76. The number of fused-ring (bicyclic) bond motifs is 1. The lowest BCUT2D eigenvalue weighted by Crippen LogP contribution is -1.94. The number of aryl methyl sites for hydroxylation is 2. The van der Waals surface area contributed by atoms with E-state index in [-0.39, 0.29) is 0 Å². The highest BCUT2D eigenvalue weighted by Crippen LogP contribution is 2.27. The summed E-state index contributed by atoms with van der Waals surface area (Å²) in [5.74, 6) is 0. The number of hydrogen-bond donors (Lipinski definition) is 0. The van der Waals surface area contributed by atoms with E-state index in [1.807, 2.05) is 0 Å². The first-order valence-electron chi connectivity index (χ1n) is 4.88. The van der Waals surface area contributed by atoms with Crippen LogP contribution in [0.15, 0.2) is 22.7 Å². The summed E-state index contributed by atoms with van der Waals surface area (Å²) in [4.78, 5) is 0. The fraction of sp³-hybridized carbons (Fsp3) is 0.333. The molecular weight excluding hydrogens is 238 g/mol. The van der Waals surface area contributed by atoms with Crippen molar-refractivity contribution in [2.75, 3.05) is 0 Å². The number of aromatic nitrogens is 1. The molecule has 1 aromatic carbocycles. The lowest BCUT2D eigenvalue weighted by Gasteiger charge is -2.00. The van der Waals surface area contributed by atoms with Crippen molar-refractivity contribution in [2.24, 2.45) is 7.05 Å². The molecule has 74 valence electrons. The van der Waals surface area contributed by atoms with Gasteiger partial charge in [0.1, 0.15) is 0 Å². The Hall–Kier alpha value is -0.760. The SMILES string of the molecule is CCc1c(C)c2cc(Br)ccc2n1C. The van der Waals surface area contributed by atoms with Crippen LogP contribution in [0.5, 0.6) is 0 Å². The fourth-order valence-electron chi connectivity index (χ4n) is 2.16. The molecule has 0 spiro atoms. The summed E-state index contributed by atoms with van der Waals surface area (Å²) in [6, 6.07) is 6.47. The van der Waals surface area contributed by atoms with Crippen LogP contribution < -0.4 is 0 Å². The minimum atomic E-state index is 1.09. The lowest BCUT2D eigenvalue weighted by molar-refractivity contribution is 0.857. The Bertz CT molecular complexity index is 483. The Morgan fingerprint density at radius 1 is 1.36 bits per heavy atom. The summed E-state index contributed by atoms with van der Waals surface area (Å²) in [6.07, 6.45) is 1.09. The molecule has 0 aliphatic rings. The van der Waals surface area contributed by atoms with E-state index in [1.54, 1.807) is 0 Å². The maximum Gasteiger partial charge on any atom is 0.0483 e. The maximum absolute atomic E-state index is 3.51. The van der Waals surface area contributed by atoms with Gasteiger partial charge >= 0.3 is 0 Å². The van der Waals surface area contributed by atoms with Gasteiger partial charge in [-0.15, -0.1) is 0 Å². The highest BCUT2D eigenvalue weighted by atomic mass is 79.9. The van der Waals surface area contributed by atoms with Crippen LogP contribution >= 0.6 is 15.9 Å². The monoisotopic (exact) mass is 251 g/mol. The van der Waals surface area contributed by atoms with Gasteiger partial charge in [-0.1, -0.05) is 22.9 Å². The Morgan fingerprint density at radius 2 is 2.07 bits per heavy atom. The molecule has 2 aromatic rings. The van der Waals surface area contributed by atoms with E-state index in [2.05, 4.69) is 59.6 Å². The lowest BCUT2D eigenvalue weighted by atomic mass is 10.1. The molecule has 0 bridgehead atoms. The molecule has 0 N–H and O–H groups in total. The van der Waals surface area contributed by atoms with Crippen LogP contribution in [0.1, 0.15) is 18.2 Å². The van der Waals surface area contributed by atoms with Crippen LogP contribution in [-0.4, -0.2) is 4.57 Å². The largest absolute Gasteiger partial charge is 0.347 e. The van der Waals surface area contributed by atoms with Crippen LogP contribution in [0.2, 0.25) is 0 Å². The summed E-state index contributed by atoms with van der Waals surface area (Å²) >= 11 is 3.51. The molecule has 1 nitrogen and oxygen atoms in total. The van der Waals surface area contributed by atoms with Crippen LogP contribution in [0, 0.1) is 6.92 Å². The van der Waals surface area contributed by atoms with Crippen molar-refractivity contribution < 1.29 is 0 Å². The summed E-state index contributed by atoms with van der Waals surface area (Å²) in [7, 11) is 2.14. The molecular formula is C12H14BrN. The van der Waals surface area contributed by atoms with Crippen molar-refractivity contribution in [1.82, 2.24) is 4.57 Å². The van der Waals surface area contributed by atoms with E-state index in [9.17, 15) is 0 Å². The van der Waals surface area contributed by atoms with Crippen molar-refractivity contribution >= 4 is 26.8 Å². The molecule has 2 rings (SSSR count). The van der Waals surface area contributed by atoms with Gasteiger partial charge in [-0.2, -0.15) is 0 Å². The third-order valence-electron chi connectivity index (χ3n) is 2.90.